The Bertz CT molecular complexity index is 823. The van der Waals surface area contributed by atoms with E-state index >= 15 is 0 Å². The predicted molar refractivity (Wildman–Crippen MR) is 78.1 cm³/mol. The van der Waals surface area contributed by atoms with Crippen molar-refractivity contribution < 1.29 is 9.63 Å². The highest BCUT2D eigenvalue weighted by atomic mass is 16.5. The van der Waals surface area contributed by atoms with Crippen LogP contribution in [0.5, 0.6) is 5.75 Å². The Balaban J connectivity index is 1.68. The second kappa shape index (κ2) is 4.45. The van der Waals surface area contributed by atoms with Gasteiger partial charge < -0.3 is 9.63 Å². The smallest absolute Gasteiger partial charge is 0.258 e. The summed E-state index contributed by atoms with van der Waals surface area (Å²) in [5.41, 5.74) is 4.42. The molecule has 4 nitrogen and oxygen atoms in total. The van der Waals surface area contributed by atoms with Gasteiger partial charge in [-0.1, -0.05) is 29.4 Å². The van der Waals surface area contributed by atoms with E-state index in [1.165, 1.54) is 11.1 Å². The van der Waals surface area contributed by atoms with E-state index in [2.05, 4.69) is 28.3 Å². The van der Waals surface area contributed by atoms with Gasteiger partial charge in [-0.05, 0) is 48.2 Å². The first-order chi connectivity index (χ1) is 10.2. The summed E-state index contributed by atoms with van der Waals surface area (Å²) in [6, 6.07) is 13.5. The SMILES string of the molecule is Cc1cc(O)ccc1-c1nc(C2Cc3ccccc32)no1. The second-order valence-corrected chi connectivity index (χ2v) is 5.41. The number of aromatic hydroxyl groups is 1. The van der Waals surface area contributed by atoms with Gasteiger partial charge in [0, 0.05) is 5.56 Å². The summed E-state index contributed by atoms with van der Waals surface area (Å²) in [6.07, 6.45) is 0.962. The quantitative estimate of drug-likeness (QED) is 0.780. The first-order valence-corrected chi connectivity index (χ1v) is 6.94. The van der Waals surface area contributed by atoms with Crippen LogP contribution in [-0.4, -0.2) is 15.2 Å². The topological polar surface area (TPSA) is 59.2 Å². The summed E-state index contributed by atoms with van der Waals surface area (Å²) in [5, 5.41) is 13.6. The van der Waals surface area contributed by atoms with Crippen LogP contribution in [0.3, 0.4) is 0 Å². The highest BCUT2D eigenvalue weighted by Gasteiger charge is 2.31. The third kappa shape index (κ3) is 1.91. The van der Waals surface area contributed by atoms with Crippen LogP contribution in [0.2, 0.25) is 0 Å². The number of hydrogen-bond donors (Lipinski definition) is 1. The van der Waals surface area contributed by atoms with Crippen molar-refractivity contribution in [1.29, 1.82) is 0 Å². The average Bonchev–Trinajstić information content (AvgIpc) is 2.89. The van der Waals surface area contributed by atoms with Crippen molar-refractivity contribution >= 4 is 0 Å². The maximum absolute atomic E-state index is 9.47. The van der Waals surface area contributed by atoms with Gasteiger partial charge >= 0.3 is 0 Å². The molecule has 4 rings (SSSR count). The Hall–Kier alpha value is -2.62. The molecule has 0 radical (unpaired) electrons. The monoisotopic (exact) mass is 278 g/mol. The Morgan fingerprint density at radius 1 is 1.19 bits per heavy atom. The lowest BCUT2D eigenvalue weighted by atomic mass is 9.77. The third-order valence-corrected chi connectivity index (χ3v) is 4.05. The molecule has 2 aromatic carbocycles. The number of phenolic OH excluding ortho intramolecular Hbond substituents is 1. The zero-order valence-corrected chi connectivity index (χ0v) is 11.6. The standard InChI is InChI=1S/C17H14N2O2/c1-10-8-12(20)6-7-13(10)17-18-16(19-21-17)15-9-11-4-2-3-5-14(11)15/h2-8,15,20H,9H2,1H3. The molecule has 104 valence electrons. The molecular formula is C17H14N2O2. The van der Waals surface area contributed by atoms with E-state index in [4.69, 9.17) is 4.52 Å². The van der Waals surface area contributed by atoms with Crippen LogP contribution in [0.1, 0.15) is 28.4 Å². The van der Waals surface area contributed by atoms with Crippen LogP contribution in [-0.2, 0) is 6.42 Å². The molecule has 0 fully saturated rings. The fourth-order valence-corrected chi connectivity index (χ4v) is 2.86. The lowest BCUT2D eigenvalue weighted by molar-refractivity contribution is 0.416. The number of phenols is 1. The van der Waals surface area contributed by atoms with Gasteiger partial charge in [0.1, 0.15) is 5.75 Å². The molecule has 0 saturated carbocycles. The summed E-state index contributed by atoms with van der Waals surface area (Å²) in [4.78, 5) is 4.53. The molecule has 1 heterocycles. The van der Waals surface area contributed by atoms with E-state index in [-0.39, 0.29) is 11.7 Å². The molecule has 3 aromatic rings. The molecule has 0 aliphatic heterocycles. The maximum atomic E-state index is 9.47. The number of aromatic nitrogens is 2. The van der Waals surface area contributed by atoms with E-state index in [1.54, 1.807) is 18.2 Å². The number of rotatable bonds is 2. The molecule has 0 saturated heterocycles. The van der Waals surface area contributed by atoms with Crippen LogP contribution in [0, 0.1) is 6.92 Å². The first kappa shape index (κ1) is 12.1. The Labute approximate surface area is 122 Å². The summed E-state index contributed by atoms with van der Waals surface area (Å²) in [7, 11) is 0. The minimum Gasteiger partial charge on any atom is -0.508 e. The predicted octanol–water partition coefficient (Wildman–Crippen LogP) is 3.44. The van der Waals surface area contributed by atoms with E-state index < -0.39 is 0 Å². The second-order valence-electron chi connectivity index (χ2n) is 5.41. The lowest BCUT2D eigenvalue weighted by Crippen LogP contribution is -2.19. The lowest BCUT2D eigenvalue weighted by Gasteiger charge is -2.27. The summed E-state index contributed by atoms with van der Waals surface area (Å²) in [5.74, 6) is 1.71. The first-order valence-electron chi connectivity index (χ1n) is 6.94. The normalized spacial score (nSPS) is 16.3. The zero-order valence-electron chi connectivity index (χ0n) is 11.6. The van der Waals surface area contributed by atoms with Gasteiger partial charge in [-0.3, -0.25) is 0 Å². The van der Waals surface area contributed by atoms with Crippen molar-refractivity contribution in [3.63, 3.8) is 0 Å². The van der Waals surface area contributed by atoms with Crippen molar-refractivity contribution in [2.75, 3.05) is 0 Å². The van der Waals surface area contributed by atoms with E-state index in [0.717, 1.165) is 23.4 Å². The average molecular weight is 278 g/mol. The van der Waals surface area contributed by atoms with E-state index in [9.17, 15) is 5.11 Å². The van der Waals surface area contributed by atoms with Crippen LogP contribution in [0.15, 0.2) is 47.0 Å². The molecule has 0 bridgehead atoms. The van der Waals surface area contributed by atoms with Gasteiger partial charge in [0.15, 0.2) is 5.82 Å². The number of benzene rings is 2. The zero-order chi connectivity index (χ0) is 14.4. The van der Waals surface area contributed by atoms with Gasteiger partial charge in [0.2, 0.25) is 0 Å². The maximum Gasteiger partial charge on any atom is 0.258 e. The van der Waals surface area contributed by atoms with Crippen molar-refractivity contribution in [3.8, 4) is 17.2 Å². The highest BCUT2D eigenvalue weighted by Crippen LogP contribution is 2.39. The number of aryl methyl sites for hydroxylation is 1. The van der Waals surface area contributed by atoms with Gasteiger partial charge in [-0.15, -0.1) is 0 Å². The molecule has 0 amide bonds. The summed E-state index contributed by atoms with van der Waals surface area (Å²) < 4.78 is 5.40. The van der Waals surface area contributed by atoms with Crippen molar-refractivity contribution in [2.45, 2.75) is 19.3 Å². The van der Waals surface area contributed by atoms with E-state index in [0.29, 0.717) is 5.89 Å². The largest absolute Gasteiger partial charge is 0.508 e. The van der Waals surface area contributed by atoms with Crippen LogP contribution < -0.4 is 0 Å². The number of hydrogen-bond acceptors (Lipinski definition) is 4. The molecular weight excluding hydrogens is 264 g/mol. The van der Waals surface area contributed by atoms with Crippen molar-refractivity contribution in [3.05, 3.63) is 65.0 Å². The number of fused-ring (bicyclic) bond motifs is 1. The third-order valence-electron chi connectivity index (χ3n) is 4.05. The fraction of sp³-hybridized carbons (Fsp3) is 0.176. The van der Waals surface area contributed by atoms with Crippen LogP contribution >= 0.6 is 0 Å². The molecule has 1 aromatic heterocycles. The summed E-state index contributed by atoms with van der Waals surface area (Å²) >= 11 is 0. The minimum atomic E-state index is 0.233. The Morgan fingerprint density at radius 2 is 2.05 bits per heavy atom. The molecule has 4 heteroatoms. The van der Waals surface area contributed by atoms with Gasteiger partial charge in [0.25, 0.3) is 5.89 Å². The van der Waals surface area contributed by atoms with Gasteiger partial charge in [0.05, 0.1) is 5.92 Å². The molecule has 21 heavy (non-hydrogen) atoms. The van der Waals surface area contributed by atoms with Gasteiger partial charge in [-0.2, -0.15) is 4.98 Å². The Kier molecular flexibility index (Phi) is 2.57. The Morgan fingerprint density at radius 3 is 2.86 bits per heavy atom. The minimum absolute atomic E-state index is 0.233. The van der Waals surface area contributed by atoms with Crippen molar-refractivity contribution in [1.82, 2.24) is 10.1 Å². The summed E-state index contributed by atoms with van der Waals surface area (Å²) in [6.45, 7) is 1.91. The van der Waals surface area contributed by atoms with E-state index in [1.807, 2.05) is 13.0 Å². The van der Waals surface area contributed by atoms with Crippen molar-refractivity contribution in [2.24, 2.45) is 0 Å². The van der Waals surface area contributed by atoms with Crippen LogP contribution in [0.25, 0.3) is 11.5 Å². The molecule has 1 aliphatic rings. The molecule has 0 spiro atoms. The molecule has 1 N–H and O–H groups in total. The molecule has 1 unspecified atom stereocenters. The fourth-order valence-electron chi connectivity index (χ4n) is 2.86. The molecule has 1 atom stereocenters. The van der Waals surface area contributed by atoms with Crippen LogP contribution in [0.4, 0.5) is 0 Å². The van der Waals surface area contributed by atoms with Gasteiger partial charge in [-0.25, -0.2) is 0 Å². The highest BCUT2D eigenvalue weighted by molar-refractivity contribution is 5.60. The molecule has 1 aliphatic carbocycles. The number of nitrogens with zero attached hydrogens (tertiary/aromatic N) is 2.